The lowest BCUT2D eigenvalue weighted by Gasteiger charge is -2.46. The summed E-state index contributed by atoms with van der Waals surface area (Å²) in [4.78, 5) is 10.6. The van der Waals surface area contributed by atoms with Gasteiger partial charge >= 0.3 is 6.61 Å². The number of ether oxygens (including phenoxy) is 1. The summed E-state index contributed by atoms with van der Waals surface area (Å²) in [6.45, 7) is -1.04. The fraction of sp³-hybridized carbons (Fsp3) is 0.500. The standard InChI is InChI=1S/C16H21F2N5O/c1-10-9-11(24-13(17)18)5-6-12(10)23-15(20)21-14(19)22-16(23)7-3-2-4-8-16/h5-6,9,13H,2-4,7-8H2,1H3,(H4,19,20,21,22). The van der Waals surface area contributed by atoms with Crippen LogP contribution in [0.4, 0.5) is 14.5 Å². The van der Waals surface area contributed by atoms with Crippen molar-refractivity contribution in [1.29, 1.82) is 0 Å². The molecular formula is C16H21F2N5O. The Morgan fingerprint density at radius 1 is 1.21 bits per heavy atom. The zero-order chi connectivity index (χ0) is 17.3. The summed E-state index contributed by atoms with van der Waals surface area (Å²) >= 11 is 0. The molecule has 3 rings (SSSR count). The molecule has 2 aliphatic rings. The lowest BCUT2D eigenvalue weighted by atomic mass is 9.87. The molecule has 0 amide bonds. The van der Waals surface area contributed by atoms with Gasteiger partial charge in [-0.25, -0.2) is 4.99 Å². The van der Waals surface area contributed by atoms with E-state index in [1.165, 1.54) is 6.07 Å². The third kappa shape index (κ3) is 3.00. The maximum Gasteiger partial charge on any atom is 0.387 e. The van der Waals surface area contributed by atoms with E-state index >= 15 is 0 Å². The fourth-order valence-electron chi connectivity index (χ4n) is 3.52. The van der Waals surface area contributed by atoms with Crippen molar-refractivity contribution in [3.63, 3.8) is 0 Å². The van der Waals surface area contributed by atoms with E-state index in [-0.39, 0.29) is 17.7 Å². The highest BCUT2D eigenvalue weighted by Crippen LogP contribution is 2.41. The number of aliphatic imine (C=N–C) groups is 2. The lowest BCUT2D eigenvalue weighted by molar-refractivity contribution is -0.0498. The molecule has 0 radical (unpaired) electrons. The van der Waals surface area contributed by atoms with Crippen LogP contribution in [0.5, 0.6) is 5.75 Å². The van der Waals surface area contributed by atoms with Crippen LogP contribution in [0.2, 0.25) is 0 Å². The lowest BCUT2D eigenvalue weighted by Crippen LogP contribution is -2.58. The maximum atomic E-state index is 12.4. The Morgan fingerprint density at radius 3 is 2.54 bits per heavy atom. The molecule has 1 aromatic rings. The van der Waals surface area contributed by atoms with Crippen LogP contribution in [0.3, 0.4) is 0 Å². The molecule has 1 heterocycles. The van der Waals surface area contributed by atoms with Crippen LogP contribution in [-0.2, 0) is 0 Å². The number of rotatable bonds is 3. The van der Waals surface area contributed by atoms with Crippen LogP contribution < -0.4 is 21.1 Å². The fourth-order valence-corrected chi connectivity index (χ4v) is 3.52. The molecule has 6 nitrogen and oxygen atoms in total. The molecule has 1 aliphatic heterocycles. The molecule has 1 spiro atoms. The Balaban J connectivity index is 2.01. The first-order chi connectivity index (χ1) is 11.4. The molecule has 1 fully saturated rings. The normalized spacial score (nSPS) is 20.1. The number of halogens is 2. The van der Waals surface area contributed by atoms with E-state index in [9.17, 15) is 8.78 Å². The minimum atomic E-state index is -2.86. The van der Waals surface area contributed by atoms with Gasteiger partial charge in [-0.15, -0.1) is 0 Å². The number of nitrogens with zero attached hydrogens (tertiary/aromatic N) is 3. The van der Waals surface area contributed by atoms with Crippen molar-refractivity contribution in [1.82, 2.24) is 0 Å². The molecule has 0 atom stereocenters. The van der Waals surface area contributed by atoms with Gasteiger partial charge in [0.25, 0.3) is 0 Å². The first-order valence-electron chi connectivity index (χ1n) is 7.96. The first kappa shape index (κ1) is 16.5. The molecule has 0 bridgehead atoms. The minimum Gasteiger partial charge on any atom is -0.435 e. The van der Waals surface area contributed by atoms with Gasteiger partial charge in [0, 0.05) is 5.69 Å². The van der Waals surface area contributed by atoms with Crippen LogP contribution in [0, 0.1) is 6.92 Å². The van der Waals surface area contributed by atoms with E-state index < -0.39 is 12.3 Å². The number of aryl methyl sites for hydroxylation is 1. The van der Waals surface area contributed by atoms with Crippen LogP contribution in [-0.4, -0.2) is 24.2 Å². The van der Waals surface area contributed by atoms with E-state index in [0.717, 1.165) is 43.4 Å². The average molecular weight is 337 g/mol. The van der Waals surface area contributed by atoms with Gasteiger partial charge in [0.1, 0.15) is 11.4 Å². The predicted molar refractivity (Wildman–Crippen MR) is 89.4 cm³/mol. The van der Waals surface area contributed by atoms with Crippen molar-refractivity contribution >= 4 is 17.6 Å². The van der Waals surface area contributed by atoms with Crippen molar-refractivity contribution in [2.24, 2.45) is 21.5 Å². The monoisotopic (exact) mass is 337 g/mol. The Bertz CT molecular complexity index is 683. The quantitative estimate of drug-likeness (QED) is 0.887. The SMILES string of the molecule is Cc1cc(OC(F)F)ccc1N1C(N)=NC(N)=NC12CCCCC2. The highest BCUT2D eigenvalue weighted by molar-refractivity contribution is 6.06. The molecule has 1 aromatic carbocycles. The van der Waals surface area contributed by atoms with E-state index in [1.807, 2.05) is 11.8 Å². The summed E-state index contributed by atoms with van der Waals surface area (Å²) in [6.07, 6.45) is 4.82. The van der Waals surface area contributed by atoms with Crippen molar-refractivity contribution in [3.8, 4) is 5.75 Å². The maximum absolute atomic E-state index is 12.4. The number of anilines is 1. The largest absolute Gasteiger partial charge is 0.435 e. The van der Waals surface area contributed by atoms with Gasteiger partial charge in [-0.3, -0.25) is 4.90 Å². The van der Waals surface area contributed by atoms with Crippen LogP contribution >= 0.6 is 0 Å². The molecule has 4 N–H and O–H groups in total. The Hall–Kier alpha value is -2.38. The molecule has 8 heteroatoms. The number of hydrogen-bond acceptors (Lipinski definition) is 6. The van der Waals surface area contributed by atoms with E-state index in [1.54, 1.807) is 12.1 Å². The highest BCUT2D eigenvalue weighted by atomic mass is 19.3. The highest BCUT2D eigenvalue weighted by Gasteiger charge is 2.43. The smallest absolute Gasteiger partial charge is 0.387 e. The molecule has 0 saturated heterocycles. The second-order valence-electron chi connectivity index (χ2n) is 6.15. The second kappa shape index (κ2) is 6.26. The molecule has 24 heavy (non-hydrogen) atoms. The van der Waals surface area contributed by atoms with Crippen molar-refractivity contribution < 1.29 is 13.5 Å². The number of alkyl halides is 2. The predicted octanol–water partition coefficient (Wildman–Crippen LogP) is 2.71. The van der Waals surface area contributed by atoms with Crippen LogP contribution in [0.25, 0.3) is 0 Å². The molecule has 1 saturated carbocycles. The summed E-state index contributed by atoms with van der Waals surface area (Å²) in [6, 6.07) is 4.77. The zero-order valence-electron chi connectivity index (χ0n) is 13.5. The molecule has 1 aliphatic carbocycles. The summed E-state index contributed by atoms with van der Waals surface area (Å²) in [5.41, 5.74) is 13.0. The second-order valence-corrected chi connectivity index (χ2v) is 6.15. The van der Waals surface area contributed by atoms with Gasteiger partial charge in [0.2, 0.25) is 11.9 Å². The summed E-state index contributed by atoms with van der Waals surface area (Å²) in [5.74, 6) is 0.565. The van der Waals surface area contributed by atoms with Crippen LogP contribution in [0.15, 0.2) is 28.2 Å². The van der Waals surface area contributed by atoms with Gasteiger partial charge in [0.15, 0.2) is 0 Å². The number of hydrogen-bond donors (Lipinski definition) is 2. The Kier molecular flexibility index (Phi) is 4.29. The molecule has 0 aromatic heterocycles. The molecule has 130 valence electrons. The topological polar surface area (TPSA) is 89.2 Å². The third-order valence-electron chi connectivity index (χ3n) is 4.49. The summed E-state index contributed by atoms with van der Waals surface area (Å²) in [7, 11) is 0. The van der Waals surface area contributed by atoms with Gasteiger partial charge in [-0.05, 0) is 56.4 Å². The van der Waals surface area contributed by atoms with Crippen LogP contribution in [0.1, 0.15) is 37.7 Å². The Labute approximate surface area is 139 Å². The third-order valence-corrected chi connectivity index (χ3v) is 4.49. The first-order valence-corrected chi connectivity index (χ1v) is 7.96. The van der Waals surface area contributed by atoms with E-state index in [2.05, 4.69) is 14.7 Å². The van der Waals surface area contributed by atoms with Crippen molar-refractivity contribution in [2.45, 2.75) is 51.3 Å². The Morgan fingerprint density at radius 2 is 1.92 bits per heavy atom. The van der Waals surface area contributed by atoms with E-state index in [0.29, 0.717) is 0 Å². The van der Waals surface area contributed by atoms with Gasteiger partial charge in [-0.2, -0.15) is 13.8 Å². The summed E-state index contributed by atoms with van der Waals surface area (Å²) in [5, 5.41) is 0. The number of nitrogens with two attached hydrogens (primary N) is 2. The zero-order valence-corrected chi connectivity index (χ0v) is 13.5. The van der Waals surface area contributed by atoms with Gasteiger partial charge in [-0.1, -0.05) is 6.42 Å². The van der Waals surface area contributed by atoms with Crippen molar-refractivity contribution in [3.05, 3.63) is 23.8 Å². The number of benzene rings is 1. The summed E-state index contributed by atoms with van der Waals surface area (Å²) < 4.78 is 29.2. The average Bonchev–Trinajstić information content (AvgIpc) is 2.49. The minimum absolute atomic E-state index is 0.111. The van der Waals surface area contributed by atoms with E-state index in [4.69, 9.17) is 11.5 Å². The molecule has 0 unspecified atom stereocenters. The van der Waals surface area contributed by atoms with Gasteiger partial charge in [0.05, 0.1) is 0 Å². The molecular weight excluding hydrogens is 316 g/mol. The van der Waals surface area contributed by atoms with Crippen molar-refractivity contribution in [2.75, 3.05) is 4.90 Å². The number of guanidine groups is 2. The van der Waals surface area contributed by atoms with Gasteiger partial charge < -0.3 is 16.2 Å².